The van der Waals surface area contributed by atoms with E-state index in [0.29, 0.717) is 0 Å². The summed E-state index contributed by atoms with van der Waals surface area (Å²) in [5, 5.41) is 1.80. The normalized spacial score (nSPS) is 33.0. The van der Waals surface area contributed by atoms with Gasteiger partial charge in [0, 0.05) is 17.1 Å². The largest absolute Gasteiger partial charge is 0.350 e. The van der Waals surface area contributed by atoms with Crippen molar-refractivity contribution in [1.82, 2.24) is 0 Å². The van der Waals surface area contributed by atoms with Gasteiger partial charge in [0.1, 0.15) is 0 Å². The topological polar surface area (TPSA) is 18.5 Å². The van der Waals surface area contributed by atoms with E-state index in [1.165, 1.54) is 0 Å². The van der Waals surface area contributed by atoms with E-state index < -0.39 is 0 Å². The van der Waals surface area contributed by atoms with E-state index in [2.05, 4.69) is 31.9 Å². The van der Waals surface area contributed by atoms with Gasteiger partial charge in [-0.15, -0.1) is 0 Å². The molecule has 0 aromatic carbocycles. The Bertz CT molecular complexity index is 99.7. The van der Waals surface area contributed by atoms with E-state index in [-0.39, 0.29) is 12.4 Å². The first kappa shape index (κ1) is 8.97. The molecule has 2 atom stereocenters. The molecule has 1 saturated heterocycles. The maximum absolute atomic E-state index is 5.45. The lowest BCUT2D eigenvalue weighted by atomic mass is 10.4. The smallest absolute Gasteiger partial charge is 0.159 e. The molecule has 0 bridgehead atoms. The van der Waals surface area contributed by atoms with Crippen molar-refractivity contribution in [3.63, 3.8) is 0 Å². The summed E-state index contributed by atoms with van der Waals surface area (Å²) in [6.45, 7) is 0.725. The van der Waals surface area contributed by atoms with Crippen LogP contribution in [-0.2, 0) is 9.47 Å². The average Bonchev–Trinajstić information content (AvgIpc) is 2.37. The van der Waals surface area contributed by atoms with Crippen LogP contribution in [0.2, 0.25) is 0 Å². The van der Waals surface area contributed by atoms with Gasteiger partial charge in [-0.2, -0.15) is 0 Å². The number of ether oxygens (including phenoxy) is 2. The maximum Gasteiger partial charge on any atom is 0.159 e. The van der Waals surface area contributed by atoms with Gasteiger partial charge in [-0.05, 0) is 0 Å². The van der Waals surface area contributed by atoms with Crippen molar-refractivity contribution in [2.45, 2.75) is 18.8 Å². The first-order valence-corrected chi connectivity index (χ1v) is 5.50. The monoisotopic (exact) mass is 272 g/mol. The third-order valence-corrected chi connectivity index (χ3v) is 2.51. The van der Waals surface area contributed by atoms with E-state index in [4.69, 9.17) is 9.47 Å². The van der Waals surface area contributed by atoms with Crippen LogP contribution in [0.5, 0.6) is 0 Å². The Kier molecular flexibility index (Phi) is 4.21. The van der Waals surface area contributed by atoms with E-state index in [9.17, 15) is 0 Å². The van der Waals surface area contributed by atoms with Crippen LogP contribution < -0.4 is 0 Å². The summed E-state index contributed by atoms with van der Waals surface area (Å²) >= 11 is 6.67. The molecule has 0 aromatic heterocycles. The molecular weight excluding hydrogens is 264 g/mol. The van der Waals surface area contributed by atoms with Crippen molar-refractivity contribution < 1.29 is 9.47 Å². The molecule has 0 radical (unpaired) electrons. The first-order valence-electron chi connectivity index (χ1n) is 3.26. The van der Waals surface area contributed by atoms with Gasteiger partial charge in [0.15, 0.2) is 6.29 Å². The average molecular weight is 274 g/mol. The zero-order chi connectivity index (χ0) is 7.40. The van der Waals surface area contributed by atoms with E-state index in [1.54, 1.807) is 0 Å². The van der Waals surface area contributed by atoms with E-state index in [1.807, 2.05) is 0 Å². The molecule has 0 spiro atoms. The van der Waals surface area contributed by atoms with Crippen LogP contribution in [0, 0.1) is 0 Å². The number of rotatable bonds is 3. The van der Waals surface area contributed by atoms with E-state index >= 15 is 0 Å². The molecule has 1 heterocycles. The van der Waals surface area contributed by atoms with Crippen LogP contribution in [0.4, 0.5) is 0 Å². The minimum atomic E-state index is 0.0157. The van der Waals surface area contributed by atoms with Gasteiger partial charge in [-0.25, -0.2) is 0 Å². The Hall–Kier alpha value is 0.880. The molecule has 1 aliphatic heterocycles. The number of hydrogen-bond donors (Lipinski definition) is 0. The van der Waals surface area contributed by atoms with Crippen LogP contribution in [0.15, 0.2) is 0 Å². The Morgan fingerprint density at radius 1 is 1.40 bits per heavy atom. The molecule has 0 amide bonds. The lowest BCUT2D eigenvalue weighted by Gasteiger charge is -2.06. The third-order valence-electron chi connectivity index (χ3n) is 1.33. The molecule has 4 heteroatoms. The highest BCUT2D eigenvalue weighted by atomic mass is 79.9. The van der Waals surface area contributed by atoms with Crippen molar-refractivity contribution in [3.8, 4) is 0 Å². The Balaban J connectivity index is 2.15. The fraction of sp³-hybridized carbons (Fsp3) is 1.00. The number of hydrogen-bond acceptors (Lipinski definition) is 2. The summed E-state index contributed by atoms with van der Waals surface area (Å²) in [6.07, 6.45) is 1.20. The first-order chi connectivity index (χ1) is 4.86. The van der Waals surface area contributed by atoms with Gasteiger partial charge >= 0.3 is 0 Å². The molecule has 0 aliphatic carbocycles. The Labute approximate surface area is 77.5 Å². The highest BCUT2D eigenvalue weighted by molar-refractivity contribution is 9.09. The number of halogens is 2. The van der Waals surface area contributed by atoms with Crippen molar-refractivity contribution in [2.24, 2.45) is 0 Å². The standard InChI is InChI=1S/C6H10Br2O2/c7-2-1-6-9-4-5(3-8)10-6/h5-6H,1-4H2. The fourth-order valence-corrected chi connectivity index (χ4v) is 1.54. The second kappa shape index (κ2) is 4.70. The van der Waals surface area contributed by atoms with Gasteiger partial charge in [-0.1, -0.05) is 31.9 Å². The summed E-state index contributed by atoms with van der Waals surface area (Å²) < 4.78 is 10.8. The zero-order valence-corrected chi connectivity index (χ0v) is 8.73. The van der Waals surface area contributed by atoms with Gasteiger partial charge in [0.25, 0.3) is 0 Å². The molecule has 1 rings (SSSR count). The lowest BCUT2D eigenvalue weighted by molar-refractivity contribution is -0.0539. The predicted octanol–water partition coefficient (Wildman–Crippen LogP) is 1.91. The summed E-state index contributed by atoms with van der Waals surface area (Å²) in [6, 6.07) is 0. The highest BCUT2D eigenvalue weighted by Gasteiger charge is 2.23. The molecule has 2 unspecified atom stereocenters. The third kappa shape index (κ3) is 2.49. The van der Waals surface area contributed by atoms with Gasteiger partial charge < -0.3 is 9.47 Å². The van der Waals surface area contributed by atoms with Gasteiger partial charge in [0.2, 0.25) is 0 Å². The molecule has 2 nitrogen and oxygen atoms in total. The lowest BCUT2D eigenvalue weighted by Crippen LogP contribution is -2.13. The van der Waals surface area contributed by atoms with Crippen LogP contribution in [0.25, 0.3) is 0 Å². The predicted molar refractivity (Wildman–Crippen MR) is 46.8 cm³/mol. The van der Waals surface area contributed by atoms with Crippen LogP contribution >= 0.6 is 31.9 Å². The van der Waals surface area contributed by atoms with E-state index in [0.717, 1.165) is 23.7 Å². The van der Waals surface area contributed by atoms with Crippen molar-refractivity contribution in [2.75, 3.05) is 17.3 Å². The molecule has 0 saturated carbocycles. The van der Waals surface area contributed by atoms with Crippen molar-refractivity contribution in [3.05, 3.63) is 0 Å². The Morgan fingerprint density at radius 2 is 2.20 bits per heavy atom. The quantitative estimate of drug-likeness (QED) is 0.732. The zero-order valence-electron chi connectivity index (χ0n) is 5.56. The summed E-state index contributed by atoms with van der Waals surface area (Å²) in [5.41, 5.74) is 0. The van der Waals surface area contributed by atoms with Crippen LogP contribution in [0.1, 0.15) is 6.42 Å². The number of alkyl halides is 2. The van der Waals surface area contributed by atoms with Crippen LogP contribution in [0.3, 0.4) is 0 Å². The second-order valence-corrected chi connectivity index (χ2v) is 3.59. The van der Waals surface area contributed by atoms with Crippen molar-refractivity contribution in [1.29, 1.82) is 0 Å². The molecule has 60 valence electrons. The SMILES string of the molecule is BrCCC1OCC(CBr)O1. The fourth-order valence-electron chi connectivity index (χ4n) is 0.829. The van der Waals surface area contributed by atoms with Crippen LogP contribution in [-0.4, -0.2) is 29.7 Å². The Morgan fingerprint density at radius 3 is 2.70 bits per heavy atom. The highest BCUT2D eigenvalue weighted by Crippen LogP contribution is 2.16. The summed E-state index contributed by atoms with van der Waals surface area (Å²) in [4.78, 5) is 0. The molecule has 10 heavy (non-hydrogen) atoms. The molecule has 0 N–H and O–H groups in total. The van der Waals surface area contributed by atoms with Crippen molar-refractivity contribution >= 4 is 31.9 Å². The second-order valence-electron chi connectivity index (χ2n) is 2.15. The van der Waals surface area contributed by atoms with Gasteiger partial charge in [0.05, 0.1) is 12.7 Å². The van der Waals surface area contributed by atoms with Gasteiger partial charge in [-0.3, -0.25) is 0 Å². The minimum Gasteiger partial charge on any atom is -0.350 e. The molecule has 1 fully saturated rings. The minimum absolute atomic E-state index is 0.0157. The molecule has 0 aromatic rings. The molecule has 1 aliphatic rings. The maximum atomic E-state index is 5.45. The summed E-state index contributed by atoms with van der Waals surface area (Å²) in [7, 11) is 0. The molecular formula is C6H10Br2O2. The summed E-state index contributed by atoms with van der Waals surface area (Å²) in [5.74, 6) is 0.